The van der Waals surface area contributed by atoms with Crippen LogP contribution in [-0.2, 0) is 9.59 Å². The third kappa shape index (κ3) is 1.58. The Morgan fingerprint density at radius 3 is 2.65 bits per heavy atom. The molecule has 1 aromatic rings. The number of aliphatic hydroxyl groups is 1. The zero-order valence-electron chi connectivity index (χ0n) is 10.9. The summed E-state index contributed by atoms with van der Waals surface area (Å²) in [7, 11) is 0. The number of hydrogen-bond donors (Lipinski definition) is 2. The minimum absolute atomic E-state index is 0.148. The Bertz CT molecular complexity index is 627. The van der Waals surface area contributed by atoms with Crippen LogP contribution in [0.2, 0.25) is 0 Å². The van der Waals surface area contributed by atoms with Gasteiger partial charge in [0.1, 0.15) is 5.54 Å². The molecule has 1 fully saturated rings. The van der Waals surface area contributed by atoms with Crippen LogP contribution in [0.3, 0.4) is 0 Å². The molecule has 2 unspecified atom stereocenters. The summed E-state index contributed by atoms with van der Waals surface area (Å²) in [6.45, 7) is 1.57. The monoisotopic (exact) mass is 274 g/mol. The fourth-order valence-corrected chi connectivity index (χ4v) is 2.81. The van der Waals surface area contributed by atoms with Crippen molar-refractivity contribution in [1.29, 1.82) is 0 Å². The van der Waals surface area contributed by atoms with Crippen LogP contribution < -0.4 is 5.32 Å². The number of imide groups is 1. The fraction of sp³-hybridized carbons (Fsp3) is 0.357. The van der Waals surface area contributed by atoms with Crippen molar-refractivity contribution in [3.05, 3.63) is 35.4 Å². The summed E-state index contributed by atoms with van der Waals surface area (Å²) in [6, 6.07) is 6.72. The van der Waals surface area contributed by atoms with Crippen molar-refractivity contribution in [2.75, 3.05) is 0 Å². The number of carbonyl (C=O) groups is 3. The van der Waals surface area contributed by atoms with Crippen LogP contribution in [0.4, 0.5) is 0 Å². The largest absolute Gasteiger partial charge is 0.369 e. The van der Waals surface area contributed by atoms with E-state index in [-0.39, 0.29) is 24.7 Å². The number of hydrogen-bond acceptors (Lipinski definition) is 4. The van der Waals surface area contributed by atoms with Gasteiger partial charge in [-0.15, -0.1) is 0 Å². The summed E-state index contributed by atoms with van der Waals surface area (Å²) in [5, 5.41) is 12.6. The smallest absolute Gasteiger partial charge is 0.257 e. The Morgan fingerprint density at radius 2 is 2.00 bits per heavy atom. The minimum Gasteiger partial charge on any atom is -0.369 e. The first-order chi connectivity index (χ1) is 9.45. The van der Waals surface area contributed by atoms with Gasteiger partial charge in [-0.05, 0) is 19.4 Å². The van der Waals surface area contributed by atoms with E-state index in [0.29, 0.717) is 11.1 Å². The lowest BCUT2D eigenvalue weighted by Gasteiger charge is -2.41. The van der Waals surface area contributed by atoms with Gasteiger partial charge in [0.05, 0.1) is 0 Å². The molecule has 0 spiro atoms. The van der Waals surface area contributed by atoms with E-state index in [0.717, 1.165) is 0 Å². The van der Waals surface area contributed by atoms with E-state index in [2.05, 4.69) is 5.32 Å². The van der Waals surface area contributed by atoms with E-state index in [1.807, 2.05) is 0 Å². The number of rotatable bonds is 1. The van der Waals surface area contributed by atoms with E-state index in [1.54, 1.807) is 31.2 Å². The van der Waals surface area contributed by atoms with Crippen LogP contribution in [0.25, 0.3) is 0 Å². The van der Waals surface area contributed by atoms with E-state index >= 15 is 0 Å². The second kappa shape index (κ2) is 4.14. The van der Waals surface area contributed by atoms with Gasteiger partial charge in [-0.2, -0.15) is 0 Å². The Morgan fingerprint density at radius 1 is 1.30 bits per heavy atom. The molecule has 0 aliphatic carbocycles. The van der Waals surface area contributed by atoms with Crippen molar-refractivity contribution < 1.29 is 19.5 Å². The summed E-state index contributed by atoms with van der Waals surface area (Å²) >= 11 is 0. The molecule has 2 aliphatic heterocycles. The maximum Gasteiger partial charge on any atom is 0.257 e. The first-order valence-corrected chi connectivity index (χ1v) is 6.40. The first kappa shape index (κ1) is 12.8. The zero-order valence-corrected chi connectivity index (χ0v) is 10.9. The molecule has 3 rings (SSSR count). The topological polar surface area (TPSA) is 86.7 Å². The maximum atomic E-state index is 12.4. The van der Waals surface area contributed by atoms with Crippen molar-refractivity contribution in [2.24, 2.45) is 0 Å². The molecule has 1 aromatic carbocycles. The number of carbonyl (C=O) groups excluding carboxylic acids is 3. The standard InChI is InChI=1S/C14H14N2O4/c1-14(7-6-10(17)15-13(14)20)16-11(18)8-4-2-3-5-9(8)12(16)19/h2-5,11,18H,6-7H2,1H3,(H,15,17,20). The number of benzene rings is 1. The van der Waals surface area contributed by atoms with Crippen molar-refractivity contribution >= 4 is 17.7 Å². The van der Waals surface area contributed by atoms with E-state index in [1.165, 1.54) is 4.90 Å². The van der Waals surface area contributed by atoms with Gasteiger partial charge in [-0.25, -0.2) is 0 Å². The van der Waals surface area contributed by atoms with Crippen LogP contribution in [0.15, 0.2) is 24.3 Å². The van der Waals surface area contributed by atoms with Gasteiger partial charge in [0.15, 0.2) is 6.23 Å². The second-order valence-electron chi connectivity index (χ2n) is 5.29. The van der Waals surface area contributed by atoms with E-state index in [9.17, 15) is 19.5 Å². The first-order valence-electron chi connectivity index (χ1n) is 6.40. The molecule has 20 heavy (non-hydrogen) atoms. The van der Waals surface area contributed by atoms with Gasteiger partial charge in [0, 0.05) is 17.5 Å². The highest BCUT2D eigenvalue weighted by Gasteiger charge is 2.52. The highest BCUT2D eigenvalue weighted by atomic mass is 16.3. The minimum atomic E-state index is -1.22. The predicted molar refractivity (Wildman–Crippen MR) is 68.4 cm³/mol. The van der Waals surface area contributed by atoms with Gasteiger partial charge in [0.2, 0.25) is 5.91 Å². The van der Waals surface area contributed by atoms with Crippen molar-refractivity contribution in [3.8, 4) is 0 Å². The summed E-state index contributed by atoms with van der Waals surface area (Å²) in [6.07, 6.45) is -0.813. The van der Waals surface area contributed by atoms with Crippen LogP contribution in [0.5, 0.6) is 0 Å². The van der Waals surface area contributed by atoms with Gasteiger partial charge >= 0.3 is 0 Å². The third-order valence-electron chi connectivity index (χ3n) is 4.05. The lowest BCUT2D eigenvalue weighted by molar-refractivity contribution is -0.147. The third-order valence-corrected chi connectivity index (χ3v) is 4.05. The van der Waals surface area contributed by atoms with Crippen LogP contribution in [-0.4, -0.2) is 33.3 Å². The molecule has 3 amide bonds. The highest BCUT2D eigenvalue weighted by molar-refractivity contribution is 6.07. The SMILES string of the molecule is CC1(N2C(=O)c3ccccc3C2O)CCC(=O)NC1=O. The number of piperidine rings is 1. The Balaban J connectivity index is 2.02. The molecule has 2 aliphatic rings. The molecule has 0 radical (unpaired) electrons. The molecule has 1 saturated heterocycles. The molecule has 0 aromatic heterocycles. The molecule has 0 bridgehead atoms. The molecule has 2 heterocycles. The molecule has 104 valence electrons. The Hall–Kier alpha value is -2.21. The summed E-state index contributed by atoms with van der Waals surface area (Å²) < 4.78 is 0. The van der Waals surface area contributed by atoms with Crippen LogP contribution in [0.1, 0.15) is 41.9 Å². The molecular formula is C14H14N2O4. The van der Waals surface area contributed by atoms with Crippen molar-refractivity contribution in [2.45, 2.75) is 31.5 Å². The Labute approximate surface area is 115 Å². The second-order valence-corrected chi connectivity index (χ2v) is 5.29. The maximum absolute atomic E-state index is 12.4. The number of amides is 3. The van der Waals surface area contributed by atoms with Crippen molar-refractivity contribution in [1.82, 2.24) is 10.2 Å². The number of fused-ring (bicyclic) bond motifs is 1. The van der Waals surface area contributed by atoms with E-state index in [4.69, 9.17) is 0 Å². The summed E-state index contributed by atoms with van der Waals surface area (Å²) in [5.74, 6) is -1.29. The van der Waals surface area contributed by atoms with Gasteiger partial charge < -0.3 is 5.11 Å². The van der Waals surface area contributed by atoms with Gasteiger partial charge in [0.25, 0.3) is 11.8 Å². The highest BCUT2D eigenvalue weighted by Crippen LogP contribution is 2.39. The normalized spacial score (nSPS) is 29.4. The van der Waals surface area contributed by atoms with Gasteiger partial charge in [-0.3, -0.25) is 24.6 Å². The van der Waals surface area contributed by atoms with Crippen LogP contribution in [0, 0.1) is 0 Å². The summed E-state index contributed by atoms with van der Waals surface area (Å²) in [4.78, 5) is 37.0. The quantitative estimate of drug-likeness (QED) is 0.722. The molecular weight excluding hydrogens is 260 g/mol. The van der Waals surface area contributed by atoms with Gasteiger partial charge in [-0.1, -0.05) is 18.2 Å². The Kier molecular flexibility index (Phi) is 2.65. The molecule has 2 N–H and O–H groups in total. The number of nitrogens with one attached hydrogen (secondary N) is 1. The van der Waals surface area contributed by atoms with Crippen LogP contribution >= 0.6 is 0 Å². The fourth-order valence-electron chi connectivity index (χ4n) is 2.81. The molecule has 6 nitrogen and oxygen atoms in total. The lowest BCUT2D eigenvalue weighted by Crippen LogP contribution is -2.62. The number of aliphatic hydroxyl groups excluding tert-OH is 1. The molecule has 2 atom stereocenters. The molecule has 6 heteroatoms. The molecule has 0 saturated carbocycles. The zero-order chi connectivity index (χ0) is 14.5. The average molecular weight is 274 g/mol. The van der Waals surface area contributed by atoms with Crippen molar-refractivity contribution in [3.63, 3.8) is 0 Å². The average Bonchev–Trinajstić information content (AvgIpc) is 2.68. The predicted octanol–water partition coefficient (Wildman–Crippen LogP) is 0.329. The van der Waals surface area contributed by atoms with E-state index < -0.39 is 17.7 Å². The number of nitrogens with zero attached hydrogens (tertiary/aromatic N) is 1. The lowest BCUT2D eigenvalue weighted by atomic mass is 9.89. The summed E-state index contributed by atoms with van der Waals surface area (Å²) in [5.41, 5.74) is -0.335.